The zero-order valence-electron chi connectivity index (χ0n) is 30.3. The molecule has 266 valence electrons. The van der Waals surface area contributed by atoms with E-state index in [-0.39, 0.29) is 14.3 Å². The van der Waals surface area contributed by atoms with E-state index in [2.05, 4.69) is 207 Å². The molecule has 8 aromatic rings. The van der Waals surface area contributed by atoms with Crippen molar-refractivity contribution < 1.29 is 6.16 Å². The number of nitrogens with zero attached hydrogens (tertiary/aromatic N) is 1. The molecule has 0 bridgehead atoms. The van der Waals surface area contributed by atoms with E-state index in [1.807, 2.05) is 0 Å². The highest BCUT2D eigenvalue weighted by Gasteiger charge is 2.51. The molecule has 0 amide bonds. The monoisotopic (exact) mass is 709 g/mol. The van der Waals surface area contributed by atoms with Crippen LogP contribution in [0, 0.1) is 0 Å². The number of benzene rings is 8. The Balaban J connectivity index is 0.00000205. The summed E-state index contributed by atoms with van der Waals surface area (Å²) >= 11 is 0. The van der Waals surface area contributed by atoms with E-state index in [0.29, 0.717) is 0 Å². The summed E-state index contributed by atoms with van der Waals surface area (Å²) in [4.78, 5) is 2.48. The minimum atomic E-state index is -0.556. The molecule has 8 aromatic carbocycles. The molecule has 1 heterocycles. The first-order chi connectivity index (χ1) is 26.5. The quantitative estimate of drug-likeness (QED) is 0.180. The molecule has 0 N–H and O–H groups in total. The van der Waals surface area contributed by atoms with Crippen LogP contribution in [0.5, 0.6) is 11.5 Å². The summed E-state index contributed by atoms with van der Waals surface area (Å²) in [5.74, 6) is 1.80. The Morgan fingerprint density at radius 1 is 0.400 bits per heavy atom. The zero-order chi connectivity index (χ0) is 36.0. The van der Waals surface area contributed by atoms with Crippen LogP contribution >= 0.6 is 0 Å². The fourth-order valence-electron chi connectivity index (χ4n) is 9.77. The van der Waals surface area contributed by atoms with Gasteiger partial charge in [-0.25, -0.2) is 0 Å². The van der Waals surface area contributed by atoms with E-state index >= 15 is 0 Å². The molecule has 0 fully saturated rings. The fraction of sp³-hybridized carbons (Fsp3) is 0.0943. The minimum Gasteiger partial charge on any atom is -0.457 e. The summed E-state index contributed by atoms with van der Waals surface area (Å²) in [5, 5.41) is 0. The van der Waals surface area contributed by atoms with Crippen LogP contribution in [0.4, 0.5) is 17.1 Å². The SMILES string of the molecule is C.CC1(C)c2ccccc2-c2ccc(N(c3ccc4c(c3)C3(c5ccccc5Oc5ccccc53)c3ccccc3-4)c3ccccc3-c3ccccc3)cc21.[HH]. The lowest BCUT2D eigenvalue weighted by atomic mass is 9.66. The van der Waals surface area contributed by atoms with Crippen molar-refractivity contribution in [3.63, 3.8) is 0 Å². The number of para-hydroxylation sites is 3. The van der Waals surface area contributed by atoms with E-state index in [9.17, 15) is 0 Å². The van der Waals surface area contributed by atoms with Crippen molar-refractivity contribution >= 4 is 17.1 Å². The van der Waals surface area contributed by atoms with Gasteiger partial charge in [0.25, 0.3) is 0 Å². The molecular formula is C53H43NO. The van der Waals surface area contributed by atoms with Crippen LogP contribution in [0.1, 0.15) is 56.1 Å². The van der Waals surface area contributed by atoms with Crippen molar-refractivity contribution in [2.24, 2.45) is 0 Å². The molecule has 0 atom stereocenters. The van der Waals surface area contributed by atoms with Gasteiger partial charge >= 0.3 is 0 Å². The Kier molecular flexibility index (Phi) is 7.31. The number of hydrogen-bond acceptors (Lipinski definition) is 2. The first-order valence-electron chi connectivity index (χ1n) is 18.9. The summed E-state index contributed by atoms with van der Waals surface area (Å²) in [6, 6.07) is 68.9. The van der Waals surface area contributed by atoms with Crippen molar-refractivity contribution in [2.45, 2.75) is 32.1 Å². The molecule has 2 aliphatic carbocycles. The Morgan fingerprint density at radius 3 is 1.51 bits per heavy atom. The highest BCUT2D eigenvalue weighted by molar-refractivity contribution is 5.94. The average molecular weight is 710 g/mol. The summed E-state index contributed by atoms with van der Waals surface area (Å²) < 4.78 is 6.65. The summed E-state index contributed by atoms with van der Waals surface area (Å²) in [6.07, 6.45) is 0. The van der Waals surface area contributed by atoms with Gasteiger partial charge in [0.1, 0.15) is 11.5 Å². The molecule has 11 rings (SSSR count). The molecule has 2 nitrogen and oxygen atoms in total. The molecule has 0 radical (unpaired) electrons. The fourth-order valence-corrected chi connectivity index (χ4v) is 9.77. The Hall–Kier alpha value is -6.64. The standard InChI is InChI=1S/C52H37NO.CH4.H2/c1-51(2)42-21-9-6-19-38(42)40-30-28-35(32-46(40)51)53(48-25-13-8-18-37(48)34-16-4-3-5-17-34)36-29-31-41-39-20-7-10-22-43(39)52(47(41)33-36)44-23-11-14-26-49(44)54-50-27-15-12-24-45(50)52;;/h3-33H,1-2H3;1H4;1H. The largest absolute Gasteiger partial charge is 0.457 e. The third kappa shape index (κ3) is 4.55. The Labute approximate surface area is 325 Å². The molecule has 55 heavy (non-hydrogen) atoms. The smallest absolute Gasteiger partial charge is 0.132 e. The molecule has 1 aliphatic heterocycles. The normalized spacial score (nSPS) is 14.3. The first-order valence-corrected chi connectivity index (χ1v) is 18.9. The van der Waals surface area contributed by atoms with Crippen LogP contribution in [0.3, 0.4) is 0 Å². The van der Waals surface area contributed by atoms with Gasteiger partial charge in [-0.2, -0.15) is 0 Å². The molecule has 1 spiro atoms. The van der Waals surface area contributed by atoms with Gasteiger partial charge < -0.3 is 9.64 Å². The second kappa shape index (κ2) is 12.2. The van der Waals surface area contributed by atoms with Crippen LogP contribution < -0.4 is 9.64 Å². The maximum Gasteiger partial charge on any atom is 0.132 e. The second-order valence-electron chi connectivity index (χ2n) is 15.2. The summed E-state index contributed by atoms with van der Waals surface area (Å²) in [6.45, 7) is 4.72. The molecule has 0 unspecified atom stereocenters. The van der Waals surface area contributed by atoms with Gasteiger partial charge in [0.2, 0.25) is 0 Å². The lowest BCUT2D eigenvalue weighted by Gasteiger charge is -2.39. The van der Waals surface area contributed by atoms with Crippen molar-refractivity contribution in [2.75, 3.05) is 4.90 Å². The second-order valence-corrected chi connectivity index (χ2v) is 15.2. The van der Waals surface area contributed by atoms with Crippen LogP contribution in [0.25, 0.3) is 33.4 Å². The predicted octanol–water partition coefficient (Wildman–Crippen LogP) is 14.5. The maximum absolute atomic E-state index is 6.65. The van der Waals surface area contributed by atoms with Gasteiger partial charge in [0, 0.05) is 34.9 Å². The van der Waals surface area contributed by atoms with Gasteiger partial charge in [-0.3, -0.25) is 0 Å². The number of anilines is 3. The molecule has 0 aromatic heterocycles. The topological polar surface area (TPSA) is 12.5 Å². The van der Waals surface area contributed by atoms with Crippen molar-refractivity contribution in [3.8, 4) is 44.9 Å². The van der Waals surface area contributed by atoms with Gasteiger partial charge in [-0.05, 0) is 92.5 Å². The highest BCUT2D eigenvalue weighted by Crippen LogP contribution is 2.63. The lowest BCUT2D eigenvalue weighted by Crippen LogP contribution is -2.32. The number of ether oxygens (including phenoxy) is 1. The number of hydrogen-bond donors (Lipinski definition) is 0. The molecule has 0 saturated carbocycles. The highest BCUT2D eigenvalue weighted by atomic mass is 16.5. The van der Waals surface area contributed by atoms with Gasteiger partial charge in [-0.1, -0.05) is 167 Å². The van der Waals surface area contributed by atoms with E-state index in [0.717, 1.165) is 28.6 Å². The molecule has 3 aliphatic rings. The van der Waals surface area contributed by atoms with Gasteiger partial charge in [0.05, 0.1) is 11.1 Å². The molecule has 2 heteroatoms. The van der Waals surface area contributed by atoms with Crippen LogP contribution in [0.2, 0.25) is 0 Å². The summed E-state index contributed by atoms with van der Waals surface area (Å²) in [5.41, 5.74) is 17.8. The van der Waals surface area contributed by atoms with Crippen LogP contribution in [0.15, 0.2) is 188 Å². The Bertz CT molecular complexity index is 2760. The predicted molar refractivity (Wildman–Crippen MR) is 230 cm³/mol. The number of rotatable bonds is 4. The van der Waals surface area contributed by atoms with Crippen molar-refractivity contribution in [3.05, 3.63) is 221 Å². The maximum atomic E-state index is 6.65. The Morgan fingerprint density at radius 2 is 0.855 bits per heavy atom. The zero-order valence-corrected chi connectivity index (χ0v) is 30.3. The third-order valence-electron chi connectivity index (χ3n) is 12.1. The van der Waals surface area contributed by atoms with Crippen molar-refractivity contribution in [1.82, 2.24) is 0 Å². The van der Waals surface area contributed by atoms with E-state index in [1.54, 1.807) is 0 Å². The van der Waals surface area contributed by atoms with Gasteiger partial charge in [0.15, 0.2) is 0 Å². The van der Waals surface area contributed by atoms with Crippen LogP contribution in [-0.4, -0.2) is 0 Å². The molecular weight excluding hydrogens is 667 g/mol. The van der Waals surface area contributed by atoms with E-state index in [1.165, 1.54) is 66.8 Å². The lowest BCUT2D eigenvalue weighted by molar-refractivity contribution is 0.436. The average Bonchev–Trinajstić information content (AvgIpc) is 3.64. The van der Waals surface area contributed by atoms with E-state index in [4.69, 9.17) is 4.74 Å². The van der Waals surface area contributed by atoms with E-state index < -0.39 is 5.41 Å². The van der Waals surface area contributed by atoms with Gasteiger partial charge in [-0.15, -0.1) is 0 Å². The van der Waals surface area contributed by atoms with Crippen LogP contribution in [-0.2, 0) is 10.8 Å². The number of fused-ring (bicyclic) bond motifs is 12. The molecule has 0 saturated heterocycles. The summed E-state index contributed by atoms with van der Waals surface area (Å²) in [7, 11) is 0. The first kappa shape index (κ1) is 33.0. The van der Waals surface area contributed by atoms with Crippen molar-refractivity contribution in [1.29, 1.82) is 0 Å². The third-order valence-corrected chi connectivity index (χ3v) is 12.1. The minimum absolute atomic E-state index is 0.